The van der Waals surface area contributed by atoms with Gasteiger partial charge in [0.1, 0.15) is 0 Å². The summed E-state index contributed by atoms with van der Waals surface area (Å²) in [6.45, 7) is 18.0. The summed E-state index contributed by atoms with van der Waals surface area (Å²) < 4.78 is 0. The van der Waals surface area contributed by atoms with Crippen molar-refractivity contribution in [3.8, 4) is 44.5 Å². The third-order valence-corrected chi connectivity index (χ3v) is 12.8. The molecule has 0 bridgehead atoms. The first-order valence-corrected chi connectivity index (χ1v) is 23.5. The summed E-state index contributed by atoms with van der Waals surface area (Å²) in [5.74, 6) is 3.21. The summed E-state index contributed by atoms with van der Waals surface area (Å²) in [4.78, 5) is 0. The second-order valence-corrected chi connectivity index (χ2v) is 17.9. The van der Waals surface area contributed by atoms with Gasteiger partial charge in [-0.15, -0.1) is 0 Å². The molecule has 6 aromatic carbocycles. The summed E-state index contributed by atoms with van der Waals surface area (Å²) >= 11 is 0. The second-order valence-electron chi connectivity index (χ2n) is 17.9. The highest BCUT2D eigenvalue weighted by Crippen LogP contribution is 2.40. The van der Waals surface area contributed by atoms with Crippen molar-refractivity contribution in [1.29, 1.82) is 0 Å². The summed E-state index contributed by atoms with van der Waals surface area (Å²) in [7, 11) is 0. The fourth-order valence-electron chi connectivity index (χ4n) is 8.35. The highest BCUT2D eigenvalue weighted by molar-refractivity contribution is 5.84. The molecule has 0 heteroatoms. The lowest BCUT2D eigenvalue weighted by Gasteiger charge is -2.25. The Morgan fingerprint density at radius 2 is 1.10 bits per heavy atom. The Labute approximate surface area is 375 Å². The smallest absolute Gasteiger partial charge is 0.00875 e. The zero-order valence-electron chi connectivity index (χ0n) is 38.8. The molecule has 0 saturated heterocycles. The van der Waals surface area contributed by atoms with Gasteiger partial charge in [0, 0.05) is 5.92 Å². The van der Waals surface area contributed by atoms with E-state index in [1.807, 2.05) is 0 Å². The minimum atomic E-state index is 0.414. The van der Waals surface area contributed by atoms with Crippen LogP contribution in [-0.2, 0) is 6.42 Å². The molecule has 3 unspecified atom stereocenters. The van der Waals surface area contributed by atoms with Crippen LogP contribution in [0.2, 0.25) is 0 Å². The van der Waals surface area contributed by atoms with Gasteiger partial charge in [0.15, 0.2) is 0 Å². The SMILES string of the molecule is CCC(C)C.CCCc1ccccc1-c1cc(-c2ccc(C)cc2)ccc1C1C=CC=CC1C.CC[C@@H](C)C1C=CC(c2cc(-c3ccccc3)cc(-c3ccccc3)c2)=CC1. The van der Waals surface area contributed by atoms with Crippen molar-refractivity contribution in [3.63, 3.8) is 0 Å². The molecule has 0 fully saturated rings. The lowest BCUT2D eigenvalue weighted by Crippen LogP contribution is -2.09. The van der Waals surface area contributed by atoms with Crippen LogP contribution in [0.3, 0.4) is 0 Å². The molecule has 0 aliphatic heterocycles. The third-order valence-electron chi connectivity index (χ3n) is 12.8. The predicted molar refractivity (Wildman–Crippen MR) is 273 cm³/mol. The Kier molecular flexibility index (Phi) is 16.9. The van der Waals surface area contributed by atoms with Crippen LogP contribution < -0.4 is 0 Å². The third kappa shape index (κ3) is 12.2. The van der Waals surface area contributed by atoms with E-state index in [0.29, 0.717) is 17.8 Å². The Morgan fingerprint density at radius 3 is 1.66 bits per heavy atom. The maximum atomic E-state index is 2.43. The molecule has 8 rings (SSSR count). The number of benzene rings is 6. The highest BCUT2D eigenvalue weighted by atomic mass is 14.3. The molecule has 0 saturated carbocycles. The minimum absolute atomic E-state index is 0.414. The lowest BCUT2D eigenvalue weighted by atomic mass is 9.79. The van der Waals surface area contributed by atoms with Gasteiger partial charge in [-0.1, -0.05) is 237 Å². The Bertz CT molecular complexity index is 2360. The van der Waals surface area contributed by atoms with E-state index in [1.54, 1.807) is 0 Å². The first-order valence-electron chi connectivity index (χ1n) is 23.5. The fourth-order valence-corrected chi connectivity index (χ4v) is 8.35. The maximum Gasteiger partial charge on any atom is 0.00875 e. The summed E-state index contributed by atoms with van der Waals surface area (Å²) in [5, 5.41) is 0. The molecule has 0 heterocycles. The van der Waals surface area contributed by atoms with Crippen LogP contribution >= 0.6 is 0 Å². The van der Waals surface area contributed by atoms with E-state index in [0.717, 1.165) is 31.1 Å². The molecule has 62 heavy (non-hydrogen) atoms. The van der Waals surface area contributed by atoms with E-state index in [-0.39, 0.29) is 0 Å². The Hall–Kier alpha value is -5.72. The molecule has 0 spiro atoms. The van der Waals surface area contributed by atoms with E-state index in [4.69, 9.17) is 0 Å². The molecule has 0 radical (unpaired) electrons. The fraction of sp³-hybridized carbons (Fsp3) is 0.290. The molecule has 318 valence electrons. The first kappa shape index (κ1) is 45.8. The van der Waals surface area contributed by atoms with E-state index in [9.17, 15) is 0 Å². The zero-order chi connectivity index (χ0) is 43.8. The standard InChI is InChI=1S/C29H30.C28H28.C5H12/c1-4-9-24-11-6-8-13-27(24)29-20-25(23-16-14-21(2)15-17-23)18-19-28(29)26-12-7-5-10-22(26)3;1-3-21(2)22-14-16-25(17-15-22)28-19-26(23-10-6-4-7-11-23)18-27(20-28)24-12-8-5-9-13-24;1-4-5(2)3/h5-8,10-20,22,26H,4,9H2,1-3H3;4-14,16-22H,3,15H2,1-2H3;5H,4H2,1-3H3/t;21-,22?;/m.1./s1. The van der Waals surface area contributed by atoms with Crippen LogP contribution in [0.4, 0.5) is 0 Å². The number of aryl methyl sites for hydroxylation is 2. The lowest BCUT2D eigenvalue weighted by molar-refractivity contribution is 0.418. The molecule has 0 amide bonds. The van der Waals surface area contributed by atoms with E-state index in [2.05, 4.69) is 244 Å². The van der Waals surface area contributed by atoms with Gasteiger partial charge in [0.25, 0.3) is 0 Å². The molecular weight excluding hydrogens is 745 g/mol. The van der Waals surface area contributed by atoms with Crippen molar-refractivity contribution in [3.05, 3.63) is 210 Å². The van der Waals surface area contributed by atoms with Crippen LogP contribution in [0, 0.1) is 30.6 Å². The first-order chi connectivity index (χ1) is 30.2. The Morgan fingerprint density at radius 1 is 0.532 bits per heavy atom. The normalized spacial score (nSPS) is 17.0. The van der Waals surface area contributed by atoms with E-state index in [1.165, 1.54) is 85.2 Å². The average Bonchev–Trinajstić information content (AvgIpc) is 3.33. The summed E-state index contributed by atoms with van der Waals surface area (Å²) in [6.07, 6.45) is 22.2. The van der Waals surface area contributed by atoms with Gasteiger partial charge in [0.2, 0.25) is 0 Å². The van der Waals surface area contributed by atoms with Gasteiger partial charge in [-0.05, 0) is 134 Å². The molecule has 0 nitrogen and oxygen atoms in total. The van der Waals surface area contributed by atoms with Gasteiger partial charge in [-0.2, -0.15) is 0 Å². The van der Waals surface area contributed by atoms with Crippen LogP contribution in [0.25, 0.3) is 50.1 Å². The van der Waals surface area contributed by atoms with Crippen molar-refractivity contribution in [1.82, 2.24) is 0 Å². The minimum Gasteiger partial charge on any atom is -0.0808 e. The van der Waals surface area contributed by atoms with Crippen LogP contribution in [0.15, 0.2) is 188 Å². The molecule has 4 atom stereocenters. The van der Waals surface area contributed by atoms with Gasteiger partial charge < -0.3 is 0 Å². The van der Waals surface area contributed by atoms with Crippen molar-refractivity contribution < 1.29 is 0 Å². The molecule has 6 aromatic rings. The average molecular weight is 815 g/mol. The topological polar surface area (TPSA) is 0 Å². The Balaban J connectivity index is 0.000000187. The number of allylic oxidation sites excluding steroid dienone is 8. The number of hydrogen-bond donors (Lipinski definition) is 0. The second kappa shape index (κ2) is 22.9. The quantitative estimate of drug-likeness (QED) is 0.122. The van der Waals surface area contributed by atoms with Crippen molar-refractivity contribution in [2.24, 2.45) is 23.7 Å². The molecule has 2 aliphatic rings. The van der Waals surface area contributed by atoms with Gasteiger partial charge in [0.05, 0.1) is 0 Å². The molecule has 0 aromatic heterocycles. The number of hydrogen-bond acceptors (Lipinski definition) is 0. The van der Waals surface area contributed by atoms with Crippen LogP contribution in [0.1, 0.15) is 102 Å². The van der Waals surface area contributed by atoms with Crippen LogP contribution in [0.5, 0.6) is 0 Å². The molecule has 0 N–H and O–H groups in total. The van der Waals surface area contributed by atoms with Gasteiger partial charge in [-0.25, -0.2) is 0 Å². The predicted octanol–water partition coefficient (Wildman–Crippen LogP) is 18.2. The highest BCUT2D eigenvalue weighted by Gasteiger charge is 2.22. The van der Waals surface area contributed by atoms with Crippen molar-refractivity contribution in [2.45, 2.75) is 93.4 Å². The molecule has 2 aliphatic carbocycles. The van der Waals surface area contributed by atoms with E-state index < -0.39 is 0 Å². The number of rotatable bonds is 11. The largest absolute Gasteiger partial charge is 0.0808 e. The van der Waals surface area contributed by atoms with Crippen molar-refractivity contribution in [2.75, 3.05) is 0 Å². The zero-order valence-corrected chi connectivity index (χ0v) is 38.8. The molecular formula is C62H70. The maximum absolute atomic E-state index is 2.43. The van der Waals surface area contributed by atoms with Crippen LogP contribution in [-0.4, -0.2) is 0 Å². The van der Waals surface area contributed by atoms with Crippen molar-refractivity contribution >= 4 is 5.57 Å². The monoisotopic (exact) mass is 815 g/mol. The summed E-state index contributed by atoms with van der Waals surface area (Å²) in [5.41, 5.74) is 17.2. The summed E-state index contributed by atoms with van der Waals surface area (Å²) in [6, 6.07) is 53.2. The van der Waals surface area contributed by atoms with Gasteiger partial charge >= 0.3 is 0 Å². The van der Waals surface area contributed by atoms with E-state index >= 15 is 0 Å². The van der Waals surface area contributed by atoms with Gasteiger partial charge in [-0.3, -0.25) is 0 Å².